The van der Waals surface area contributed by atoms with Crippen molar-refractivity contribution in [3.05, 3.63) is 52.1 Å². The second-order valence-corrected chi connectivity index (χ2v) is 9.36. The quantitative estimate of drug-likeness (QED) is 0.278. The van der Waals surface area contributed by atoms with E-state index in [0.717, 1.165) is 13.1 Å². The van der Waals surface area contributed by atoms with Crippen LogP contribution in [0.25, 0.3) is 5.76 Å². The lowest BCUT2D eigenvalue weighted by atomic mass is 9.94. The van der Waals surface area contributed by atoms with E-state index in [1.807, 2.05) is 0 Å². The van der Waals surface area contributed by atoms with Crippen LogP contribution >= 0.6 is 11.6 Å². The number of carbonyl (C=O) groups excluding carboxylic acids is 2. The third kappa shape index (κ3) is 5.38. The van der Waals surface area contributed by atoms with E-state index in [2.05, 4.69) is 4.90 Å². The van der Waals surface area contributed by atoms with Gasteiger partial charge in [0.1, 0.15) is 11.5 Å². The summed E-state index contributed by atoms with van der Waals surface area (Å²) >= 11 is 6.10. The van der Waals surface area contributed by atoms with Gasteiger partial charge in [0.2, 0.25) is 5.75 Å². The number of phenolic OH excluding ortho intramolecular Hbond substituents is 1. The van der Waals surface area contributed by atoms with E-state index < -0.39 is 23.5 Å². The maximum Gasteiger partial charge on any atom is 0.295 e. The molecule has 11 heteroatoms. The van der Waals surface area contributed by atoms with Crippen molar-refractivity contribution in [3.8, 4) is 23.0 Å². The number of phenols is 1. The van der Waals surface area contributed by atoms with Crippen molar-refractivity contribution >= 4 is 29.1 Å². The Morgan fingerprint density at radius 2 is 1.68 bits per heavy atom. The number of methoxy groups -OCH3 is 3. The van der Waals surface area contributed by atoms with Crippen LogP contribution in [0.3, 0.4) is 0 Å². The molecule has 4 rings (SSSR count). The van der Waals surface area contributed by atoms with Crippen LogP contribution in [0.4, 0.5) is 0 Å². The summed E-state index contributed by atoms with van der Waals surface area (Å²) in [6, 6.07) is 6.39. The summed E-state index contributed by atoms with van der Waals surface area (Å²) in [5.41, 5.74) is 0.239. The normalized spacial score (nSPS) is 19.6. The van der Waals surface area contributed by atoms with Gasteiger partial charge in [-0.1, -0.05) is 11.6 Å². The summed E-state index contributed by atoms with van der Waals surface area (Å²) in [6.45, 7) is 3.86. The van der Waals surface area contributed by atoms with Crippen LogP contribution in [0, 0.1) is 0 Å². The van der Waals surface area contributed by atoms with Gasteiger partial charge in [-0.05, 0) is 42.3 Å². The smallest absolute Gasteiger partial charge is 0.295 e. The Morgan fingerprint density at radius 3 is 2.29 bits per heavy atom. The number of aromatic hydroxyl groups is 1. The predicted octanol–water partition coefficient (Wildman–Crippen LogP) is 3.22. The maximum atomic E-state index is 13.4. The Morgan fingerprint density at radius 1 is 1.03 bits per heavy atom. The largest absolute Gasteiger partial charge is 0.507 e. The Kier molecular flexibility index (Phi) is 8.65. The van der Waals surface area contributed by atoms with Gasteiger partial charge in [0.25, 0.3) is 11.7 Å². The number of rotatable bonds is 9. The lowest BCUT2D eigenvalue weighted by Gasteiger charge is -2.29. The molecule has 10 nitrogen and oxygen atoms in total. The minimum atomic E-state index is -0.980. The molecular formula is C27H31ClN2O8. The van der Waals surface area contributed by atoms with Gasteiger partial charge >= 0.3 is 0 Å². The molecule has 0 aromatic heterocycles. The number of halogens is 1. The molecule has 0 aliphatic carbocycles. The molecule has 2 aliphatic heterocycles. The minimum absolute atomic E-state index is 0.0544. The molecule has 2 aromatic rings. The average Bonchev–Trinajstić information content (AvgIpc) is 3.18. The highest BCUT2D eigenvalue weighted by molar-refractivity contribution is 6.46. The number of aliphatic hydroxyl groups is 1. The van der Waals surface area contributed by atoms with Gasteiger partial charge in [-0.3, -0.25) is 14.5 Å². The molecule has 204 valence electrons. The van der Waals surface area contributed by atoms with Crippen LogP contribution in [-0.2, 0) is 14.3 Å². The molecule has 2 aliphatic rings. The van der Waals surface area contributed by atoms with Crippen molar-refractivity contribution in [2.24, 2.45) is 0 Å². The number of ether oxygens (including phenoxy) is 4. The lowest BCUT2D eigenvalue weighted by Crippen LogP contribution is -2.39. The monoisotopic (exact) mass is 546 g/mol. The zero-order valence-corrected chi connectivity index (χ0v) is 22.3. The van der Waals surface area contributed by atoms with Crippen molar-refractivity contribution in [2.75, 3.05) is 60.7 Å². The van der Waals surface area contributed by atoms with Crippen molar-refractivity contribution in [3.63, 3.8) is 0 Å². The first-order valence-electron chi connectivity index (χ1n) is 12.2. The molecule has 2 aromatic carbocycles. The minimum Gasteiger partial charge on any atom is -0.507 e. The Balaban J connectivity index is 1.81. The predicted molar refractivity (Wildman–Crippen MR) is 140 cm³/mol. The number of carbonyl (C=O) groups is 2. The second-order valence-electron chi connectivity index (χ2n) is 8.92. The van der Waals surface area contributed by atoms with Crippen LogP contribution in [0.5, 0.6) is 23.0 Å². The standard InChI is InChI=1S/C27H31ClN2O8/c1-35-20-13-16(14-21(36-2)26(20)37-3)23-22(24(32)18-15-17(28)5-6-19(18)31)25(33)27(34)30(23)8-4-7-29-9-11-38-12-10-29/h5-6,13-15,23,31-32H,4,7-12H2,1-3H3/t23-/m0/s1. The first-order chi connectivity index (χ1) is 18.3. The fraction of sp³-hybridized carbons (Fsp3) is 0.407. The van der Waals surface area contributed by atoms with Crippen molar-refractivity contribution in [1.82, 2.24) is 9.80 Å². The average molecular weight is 547 g/mol. The highest BCUT2D eigenvalue weighted by atomic mass is 35.5. The summed E-state index contributed by atoms with van der Waals surface area (Å²) in [5, 5.41) is 22.0. The fourth-order valence-corrected chi connectivity index (χ4v) is 5.02. The number of likely N-dealkylation sites (tertiary alicyclic amines) is 1. The summed E-state index contributed by atoms with van der Waals surface area (Å²) in [7, 11) is 4.40. The Hall–Kier alpha value is -3.47. The van der Waals surface area contributed by atoms with Crippen LogP contribution in [0.1, 0.15) is 23.6 Å². The zero-order chi connectivity index (χ0) is 27.4. The van der Waals surface area contributed by atoms with E-state index >= 15 is 0 Å². The maximum absolute atomic E-state index is 13.4. The highest BCUT2D eigenvalue weighted by Gasteiger charge is 2.46. The van der Waals surface area contributed by atoms with E-state index in [1.165, 1.54) is 44.4 Å². The molecular weight excluding hydrogens is 516 g/mol. The van der Waals surface area contributed by atoms with Crippen LogP contribution < -0.4 is 14.2 Å². The number of morpholine rings is 1. The summed E-state index contributed by atoms with van der Waals surface area (Å²) in [4.78, 5) is 30.4. The second kappa shape index (κ2) is 11.9. The van der Waals surface area contributed by atoms with Gasteiger partial charge in [0.05, 0.1) is 51.7 Å². The van der Waals surface area contributed by atoms with Crippen LogP contribution in [0.2, 0.25) is 5.02 Å². The molecule has 0 bridgehead atoms. The van der Waals surface area contributed by atoms with Crippen molar-refractivity contribution in [1.29, 1.82) is 0 Å². The van der Waals surface area contributed by atoms with Gasteiger partial charge in [-0.15, -0.1) is 0 Å². The molecule has 1 amide bonds. The lowest BCUT2D eigenvalue weighted by molar-refractivity contribution is -0.140. The molecule has 2 fully saturated rings. The zero-order valence-electron chi connectivity index (χ0n) is 21.5. The van der Waals surface area contributed by atoms with E-state index in [-0.39, 0.29) is 28.5 Å². The molecule has 2 heterocycles. The van der Waals surface area contributed by atoms with Gasteiger partial charge < -0.3 is 34.1 Å². The van der Waals surface area contributed by atoms with Gasteiger partial charge in [0.15, 0.2) is 11.5 Å². The summed E-state index contributed by atoms with van der Waals surface area (Å²) in [5.74, 6) is -1.44. The van der Waals surface area contributed by atoms with Crippen molar-refractivity contribution < 1.29 is 38.7 Å². The van der Waals surface area contributed by atoms with Gasteiger partial charge in [0, 0.05) is 31.2 Å². The number of aliphatic hydroxyl groups excluding tert-OH is 1. The van der Waals surface area contributed by atoms with Gasteiger partial charge in [-0.25, -0.2) is 0 Å². The first-order valence-corrected chi connectivity index (χ1v) is 12.6. The molecule has 2 saturated heterocycles. The van der Waals surface area contributed by atoms with Crippen LogP contribution in [0.15, 0.2) is 35.9 Å². The SMILES string of the molecule is COc1cc([C@H]2C(=C(O)c3cc(Cl)ccc3O)C(=O)C(=O)N2CCCN2CCOCC2)cc(OC)c1OC. The van der Waals surface area contributed by atoms with Crippen LogP contribution in [-0.4, -0.2) is 92.4 Å². The van der Waals surface area contributed by atoms with E-state index in [1.54, 1.807) is 12.1 Å². The molecule has 0 spiro atoms. The third-order valence-electron chi connectivity index (χ3n) is 6.73. The van der Waals surface area contributed by atoms with E-state index in [4.69, 9.17) is 30.5 Å². The number of amides is 1. The molecule has 1 atom stereocenters. The van der Waals surface area contributed by atoms with Gasteiger partial charge in [-0.2, -0.15) is 0 Å². The number of ketones is 1. The van der Waals surface area contributed by atoms with Crippen molar-refractivity contribution in [2.45, 2.75) is 12.5 Å². The number of benzene rings is 2. The number of hydrogen-bond acceptors (Lipinski definition) is 9. The third-order valence-corrected chi connectivity index (χ3v) is 6.97. The number of hydrogen-bond donors (Lipinski definition) is 2. The van der Waals surface area contributed by atoms with E-state index in [0.29, 0.717) is 49.0 Å². The number of Topliss-reactive ketones (excluding diaryl/α,β-unsaturated/α-hetero) is 1. The fourth-order valence-electron chi connectivity index (χ4n) is 4.85. The molecule has 0 unspecified atom stereocenters. The Bertz CT molecular complexity index is 1220. The molecule has 38 heavy (non-hydrogen) atoms. The molecule has 0 saturated carbocycles. The highest BCUT2D eigenvalue weighted by Crippen LogP contribution is 2.46. The summed E-state index contributed by atoms with van der Waals surface area (Å²) in [6.07, 6.45) is 0.594. The number of nitrogens with zero attached hydrogens (tertiary/aromatic N) is 2. The first kappa shape index (κ1) is 27.6. The topological polar surface area (TPSA) is 118 Å². The Labute approximate surface area is 225 Å². The summed E-state index contributed by atoms with van der Waals surface area (Å²) < 4.78 is 21.8. The molecule has 2 N–H and O–H groups in total. The van der Waals surface area contributed by atoms with E-state index in [9.17, 15) is 19.8 Å². The molecule has 0 radical (unpaired) electrons.